The van der Waals surface area contributed by atoms with Crippen LogP contribution in [0.4, 0.5) is 0 Å². The number of carboxylic acid groups (broad SMARTS) is 1. The lowest BCUT2D eigenvalue weighted by Crippen LogP contribution is -2.02. The molecule has 0 aliphatic rings. The van der Waals surface area contributed by atoms with Crippen molar-refractivity contribution in [1.82, 2.24) is 14.6 Å². The van der Waals surface area contributed by atoms with E-state index in [2.05, 4.69) is 10.2 Å². The van der Waals surface area contributed by atoms with Gasteiger partial charge in [0.25, 0.3) is 0 Å². The quantitative estimate of drug-likeness (QED) is 0.737. The fourth-order valence-electron chi connectivity index (χ4n) is 1.34. The lowest BCUT2D eigenvalue weighted by molar-refractivity contribution is 0.0696. The van der Waals surface area contributed by atoms with E-state index >= 15 is 0 Å². The van der Waals surface area contributed by atoms with E-state index in [-0.39, 0.29) is 12.2 Å². The molecule has 0 aliphatic heterocycles. The Balaban J connectivity index is 2.56. The van der Waals surface area contributed by atoms with E-state index in [9.17, 15) is 4.79 Å². The van der Waals surface area contributed by atoms with Gasteiger partial charge in [0.1, 0.15) is 5.82 Å². The van der Waals surface area contributed by atoms with Crippen LogP contribution in [0.2, 0.25) is 0 Å². The van der Waals surface area contributed by atoms with Gasteiger partial charge in [0, 0.05) is 12.6 Å². The van der Waals surface area contributed by atoms with E-state index in [0.29, 0.717) is 17.9 Å². The summed E-state index contributed by atoms with van der Waals surface area (Å²) < 4.78 is 1.57. The molecule has 2 aromatic rings. The normalized spacial score (nSPS) is 10.7. The number of carboxylic acids is 1. The third kappa shape index (κ3) is 1.66. The van der Waals surface area contributed by atoms with Gasteiger partial charge < -0.3 is 10.2 Å². The first-order chi connectivity index (χ1) is 7.22. The number of pyridine rings is 1. The SMILES string of the molecule is O=C(O)c1ccc2nnc(CCO)n2c1. The number of rotatable bonds is 3. The molecule has 0 fully saturated rings. The average Bonchev–Trinajstić information content (AvgIpc) is 2.61. The van der Waals surface area contributed by atoms with Crippen molar-refractivity contribution in [2.24, 2.45) is 0 Å². The molecule has 2 N–H and O–H groups in total. The van der Waals surface area contributed by atoms with E-state index in [0.717, 1.165) is 0 Å². The van der Waals surface area contributed by atoms with Crippen molar-refractivity contribution in [3.63, 3.8) is 0 Å². The van der Waals surface area contributed by atoms with Crippen LogP contribution in [0.15, 0.2) is 18.3 Å². The second-order valence-electron chi connectivity index (χ2n) is 3.04. The topological polar surface area (TPSA) is 87.7 Å². The average molecular weight is 207 g/mol. The minimum Gasteiger partial charge on any atom is -0.478 e. The van der Waals surface area contributed by atoms with Crippen LogP contribution in [0, 0.1) is 0 Å². The molecule has 6 heteroatoms. The molecular weight excluding hydrogens is 198 g/mol. The summed E-state index contributed by atoms with van der Waals surface area (Å²) in [6.07, 6.45) is 1.80. The third-order valence-corrected chi connectivity index (χ3v) is 2.06. The molecule has 15 heavy (non-hydrogen) atoms. The third-order valence-electron chi connectivity index (χ3n) is 2.06. The fraction of sp³-hybridized carbons (Fsp3) is 0.222. The lowest BCUT2D eigenvalue weighted by Gasteiger charge is -1.99. The van der Waals surface area contributed by atoms with Gasteiger partial charge in [0.05, 0.1) is 12.2 Å². The largest absolute Gasteiger partial charge is 0.478 e. The highest BCUT2D eigenvalue weighted by atomic mass is 16.4. The van der Waals surface area contributed by atoms with Crippen LogP contribution < -0.4 is 0 Å². The molecule has 78 valence electrons. The van der Waals surface area contributed by atoms with E-state index in [1.54, 1.807) is 10.5 Å². The molecule has 2 rings (SSSR count). The van der Waals surface area contributed by atoms with Crippen molar-refractivity contribution < 1.29 is 15.0 Å². The number of nitrogens with zero attached hydrogens (tertiary/aromatic N) is 3. The van der Waals surface area contributed by atoms with Crippen LogP contribution in [0.5, 0.6) is 0 Å². The van der Waals surface area contributed by atoms with Gasteiger partial charge in [-0.3, -0.25) is 4.40 Å². The predicted octanol–water partition coefficient (Wildman–Crippen LogP) is -0.0377. The van der Waals surface area contributed by atoms with Gasteiger partial charge in [-0.15, -0.1) is 10.2 Å². The second-order valence-corrected chi connectivity index (χ2v) is 3.04. The zero-order chi connectivity index (χ0) is 10.8. The van der Waals surface area contributed by atoms with Crippen molar-refractivity contribution in [1.29, 1.82) is 0 Å². The predicted molar refractivity (Wildman–Crippen MR) is 50.7 cm³/mol. The van der Waals surface area contributed by atoms with Crippen LogP contribution >= 0.6 is 0 Å². The van der Waals surface area contributed by atoms with Crippen molar-refractivity contribution in [3.05, 3.63) is 29.7 Å². The van der Waals surface area contributed by atoms with E-state index in [1.807, 2.05) is 0 Å². The molecule has 0 aliphatic carbocycles. The highest BCUT2D eigenvalue weighted by molar-refractivity contribution is 5.87. The van der Waals surface area contributed by atoms with Crippen LogP contribution in [-0.4, -0.2) is 37.4 Å². The molecule has 0 aromatic carbocycles. The summed E-state index contributed by atoms with van der Waals surface area (Å²) in [5.41, 5.74) is 0.741. The molecule has 0 saturated carbocycles. The van der Waals surface area contributed by atoms with E-state index < -0.39 is 5.97 Å². The number of aromatic carboxylic acids is 1. The molecule has 0 spiro atoms. The summed E-state index contributed by atoms with van der Waals surface area (Å²) in [5.74, 6) is -0.448. The van der Waals surface area contributed by atoms with Gasteiger partial charge in [-0.25, -0.2) is 4.79 Å². The molecule has 0 saturated heterocycles. The van der Waals surface area contributed by atoms with Crippen molar-refractivity contribution in [2.75, 3.05) is 6.61 Å². The summed E-state index contributed by atoms with van der Waals surface area (Å²) in [7, 11) is 0. The Morgan fingerprint density at radius 2 is 2.20 bits per heavy atom. The van der Waals surface area contributed by atoms with E-state index in [4.69, 9.17) is 10.2 Å². The summed E-state index contributed by atoms with van der Waals surface area (Å²) in [4.78, 5) is 10.7. The van der Waals surface area contributed by atoms with E-state index in [1.165, 1.54) is 12.3 Å². The smallest absolute Gasteiger partial charge is 0.337 e. The Hall–Kier alpha value is -1.95. The molecule has 0 unspecified atom stereocenters. The fourth-order valence-corrected chi connectivity index (χ4v) is 1.34. The zero-order valence-corrected chi connectivity index (χ0v) is 7.79. The highest BCUT2D eigenvalue weighted by Gasteiger charge is 2.08. The van der Waals surface area contributed by atoms with Gasteiger partial charge in [0.15, 0.2) is 5.65 Å². The summed E-state index contributed by atoms with van der Waals surface area (Å²) in [5, 5.41) is 25.3. The number of fused-ring (bicyclic) bond motifs is 1. The van der Waals surface area contributed by atoms with Crippen LogP contribution in [-0.2, 0) is 6.42 Å². The first kappa shape index (κ1) is 9.60. The van der Waals surface area contributed by atoms with Crippen molar-refractivity contribution >= 4 is 11.6 Å². The lowest BCUT2D eigenvalue weighted by atomic mass is 10.3. The Morgan fingerprint density at radius 3 is 2.87 bits per heavy atom. The molecule has 2 heterocycles. The molecule has 0 bridgehead atoms. The van der Waals surface area contributed by atoms with Gasteiger partial charge in [-0.05, 0) is 12.1 Å². The molecule has 0 atom stereocenters. The van der Waals surface area contributed by atoms with Crippen LogP contribution in [0.1, 0.15) is 16.2 Å². The molecular formula is C9H9N3O3. The molecule has 0 amide bonds. The first-order valence-electron chi connectivity index (χ1n) is 4.40. The monoisotopic (exact) mass is 207 g/mol. The van der Waals surface area contributed by atoms with Crippen LogP contribution in [0.3, 0.4) is 0 Å². The maximum Gasteiger partial charge on any atom is 0.337 e. The maximum atomic E-state index is 10.7. The maximum absolute atomic E-state index is 10.7. The minimum absolute atomic E-state index is 0.0436. The zero-order valence-electron chi connectivity index (χ0n) is 7.79. The van der Waals surface area contributed by atoms with Crippen molar-refractivity contribution in [3.8, 4) is 0 Å². The number of carbonyl (C=O) groups is 1. The number of aromatic nitrogens is 3. The number of hydrogen-bond donors (Lipinski definition) is 2. The molecule has 2 aromatic heterocycles. The summed E-state index contributed by atoms with van der Waals surface area (Å²) in [6.45, 7) is -0.0436. The highest BCUT2D eigenvalue weighted by Crippen LogP contribution is 2.07. The van der Waals surface area contributed by atoms with Crippen molar-refractivity contribution in [2.45, 2.75) is 6.42 Å². The summed E-state index contributed by atoms with van der Waals surface area (Å²) >= 11 is 0. The number of hydrogen-bond acceptors (Lipinski definition) is 4. The Bertz CT molecular complexity index is 506. The van der Waals surface area contributed by atoms with Gasteiger partial charge in [0.2, 0.25) is 0 Å². The van der Waals surface area contributed by atoms with Gasteiger partial charge >= 0.3 is 5.97 Å². The standard InChI is InChI=1S/C9H9N3O3/c13-4-3-8-11-10-7-2-1-6(9(14)15)5-12(7)8/h1-2,5,13H,3-4H2,(H,14,15). The van der Waals surface area contributed by atoms with Gasteiger partial charge in [-0.1, -0.05) is 0 Å². The summed E-state index contributed by atoms with van der Waals surface area (Å²) in [6, 6.07) is 3.05. The number of aliphatic hydroxyl groups is 1. The molecule has 0 radical (unpaired) electrons. The van der Waals surface area contributed by atoms with Crippen LogP contribution in [0.25, 0.3) is 5.65 Å². The Labute approximate surface area is 84.8 Å². The number of aliphatic hydroxyl groups excluding tert-OH is 1. The van der Waals surface area contributed by atoms with Gasteiger partial charge in [-0.2, -0.15) is 0 Å². The first-order valence-corrected chi connectivity index (χ1v) is 4.40. The Morgan fingerprint density at radius 1 is 1.40 bits per heavy atom. The molecule has 6 nitrogen and oxygen atoms in total. The Kier molecular flexibility index (Phi) is 2.34. The second kappa shape index (κ2) is 3.66. The minimum atomic E-state index is -0.999.